The number of nitrogens with zero attached hydrogens (tertiary/aromatic N) is 1. The molecule has 7 heteroatoms. The summed E-state index contributed by atoms with van der Waals surface area (Å²) in [5.41, 5.74) is 2.35. The fourth-order valence-corrected chi connectivity index (χ4v) is 3.78. The van der Waals surface area contributed by atoms with Crippen LogP contribution in [0, 0.1) is 5.41 Å². The third-order valence-electron chi connectivity index (χ3n) is 5.90. The van der Waals surface area contributed by atoms with E-state index in [0.717, 1.165) is 36.6 Å². The van der Waals surface area contributed by atoms with Gasteiger partial charge in [-0.15, -0.1) is 24.0 Å². The average Bonchev–Trinajstić information content (AvgIpc) is 3.19. The minimum atomic E-state index is -0.313. The molecule has 1 unspecified atom stereocenters. The van der Waals surface area contributed by atoms with Crippen LogP contribution < -0.4 is 16.0 Å². The Kier molecular flexibility index (Phi) is 9.01. The Labute approximate surface area is 185 Å². The van der Waals surface area contributed by atoms with Crippen LogP contribution in [0.1, 0.15) is 51.0 Å². The van der Waals surface area contributed by atoms with Gasteiger partial charge in [-0.2, -0.15) is 0 Å². The smallest absolute Gasteiger partial charge is 0.253 e. The number of halogens is 1. The lowest BCUT2D eigenvalue weighted by Crippen LogP contribution is -2.46. The molecule has 1 aromatic rings. The number of ether oxygens (including phenoxy) is 1. The van der Waals surface area contributed by atoms with Gasteiger partial charge in [0.25, 0.3) is 5.91 Å². The number of nitrogens with one attached hydrogen (secondary N) is 3. The quantitative estimate of drug-likeness (QED) is 0.304. The number of aliphatic imine (C=N–C) groups is 1. The van der Waals surface area contributed by atoms with E-state index >= 15 is 0 Å². The van der Waals surface area contributed by atoms with Gasteiger partial charge in [0.1, 0.15) is 6.10 Å². The summed E-state index contributed by atoms with van der Waals surface area (Å²) in [6.45, 7) is 4.57. The molecule has 2 fully saturated rings. The Morgan fingerprint density at radius 2 is 2.11 bits per heavy atom. The Hall–Kier alpha value is -1.35. The minimum Gasteiger partial charge on any atom is -0.368 e. The Balaban J connectivity index is 0.00000280. The second kappa shape index (κ2) is 11.0. The van der Waals surface area contributed by atoms with Crippen LogP contribution in [0.4, 0.5) is 5.69 Å². The van der Waals surface area contributed by atoms with Gasteiger partial charge >= 0.3 is 0 Å². The first-order valence-electron chi connectivity index (χ1n) is 10.1. The number of anilines is 1. The zero-order valence-electron chi connectivity index (χ0n) is 16.9. The van der Waals surface area contributed by atoms with E-state index in [1.165, 1.54) is 25.7 Å². The van der Waals surface area contributed by atoms with Crippen LogP contribution in [0.25, 0.3) is 0 Å². The lowest BCUT2D eigenvalue weighted by atomic mass is 9.67. The molecule has 1 aliphatic heterocycles. The summed E-state index contributed by atoms with van der Waals surface area (Å²) in [6, 6.07) is 7.90. The Morgan fingerprint density at radius 1 is 1.29 bits per heavy atom. The summed E-state index contributed by atoms with van der Waals surface area (Å²) in [5, 5.41) is 9.79. The maximum atomic E-state index is 12.2. The number of rotatable bonds is 7. The molecule has 0 spiro atoms. The predicted molar refractivity (Wildman–Crippen MR) is 124 cm³/mol. The van der Waals surface area contributed by atoms with Gasteiger partial charge in [-0.05, 0) is 55.2 Å². The lowest BCUT2D eigenvalue weighted by molar-refractivity contribution is -0.124. The summed E-state index contributed by atoms with van der Waals surface area (Å²) in [5.74, 6) is 0.768. The van der Waals surface area contributed by atoms with Crippen molar-refractivity contribution >= 4 is 41.5 Å². The average molecular weight is 500 g/mol. The largest absolute Gasteiger partial charge is 0.368 e. The molecule has 3 rings (SSSR count). The van der Waals surface area contributed by atoms with Gasteiger partial charge in [0, 0.05) is 32.4 Å². The highest BCUT2D eigenvalue weighted by Crippen LogP contribution is 2.42. The molecule has 1 amide bonds. The van der Waals surface area contributed by atoms with Crippen molar-refractivity contribution in [2.75, 3.05) is 25.5 Å². The van der Waals surface area contributed by atoms with E-state index in [2.05, 4.69) is 27.9 Å². The second-order valence-corrected chi connectivity index (χ2v) is 7.68. The third kappa shape index (κ3) is 6.07. The molecular weight excluding hydrogens is 467 g/mol. The number of amides is 1. The topological polar surface area (TPSA) is 74.8 Å². The van der Waals surface area contributed by atoms with Crippen LogP contribution in [0.15, 0.2) is 29.3 Å². The van der Waals surface area contributed by atoms with E-state index in [-0.39, 0.29) is 36.0 Å². The molecule has 3 N–H and O–H groups in total. The van der Waals surface area contributed by atoms with Crippen molar-refractivity contribution in [1.29, 1.82) is 0 Å². The number of guanidine groups is 1. The molecular formula is C21H33IN4O2. The van der Waals surface area contributed by atoms with Crippen LogP contribution in [-0.2, 0) is 16.1 Å². The van der Waals surface area contributed by atoms with Gasteiger partial charge < -0.3 is 20.7 Å². The van der Waals surface area contributed by atoms with Gasteiger partial charge in [-0.25, -0.2) is 0 Å². The molecule has 0 bridgehead atoms. The molecule has 0 aromatic heterocycles. The molecule has 1 aromatic carbocycles. The van der Waals surface area contributed by atoms with Crippen molar-refractivity contribution in [2.45, 2.75) is 58.1 Å². The Morgan fingerprint density at radius 3 is 2.71 bits per heavy atom. The van der Waals surface area contributed by atoms with Crippen LogP contribution >= 0.6 is 24.0 Å². The van der Waals surface area contributed by atoms with E-state index in [4.69, 9.17) is 4.74 Å². The van der Waals surface area contributed by atoms with Gasteiger partial charge in [-0.3, -0.25) is 9.79 Å². The molecule has 2 aliphatic rings. The highest BCUT2D eigenvalue weighted by Gasteiger charge is 2.34. The van der Waals surface area contributed by atoms with E-state index in [9.17, 15) is 4.79 Å². The molecule has 28 heavy (non-hydrogen) atoms. The summed E-state index contributed by atoms with van der Waals surface area (Å²) in [7, 11) is 1.80. The fourth-order valence-electron chi connectivity index (χ4n) is 3.78. The number of hydrogen-bond acceptors (Lipinski definition) is 3. The zero-order chi connectivity index (χ0) is 19.1. The van der Waals surface area contributed by atoms with Gasteiger partial charge in [0.15, 0.2) is 5.96 Å². The van der Waals surface area contributed by atoms with Crippen molar-refractivity contribution in [3.8, 4) is 0 Å². The summed E-state index contributed by atoms with van der Waals surface area (Å²) in [6.07, 6.45) is 6.60. The van der Waals surface area contributed by atoms with Crippen molar-refractivity contribution in [3.05, 3.63) is 29.8 Å². The summed E-state index contributed by atoms with van der Waals surface area (Å²) >= 11 is 0. The van der Waals surface area contributed by atoms with E-state index < -0.39 is 0 Å². The molecule has 1 saturated carbocycles. The summed E-state index contributed by atoms with van der Waals surface area (Å²) in [4.78, 5) is 16.5. The van der Waals surface area contributed by atoms with Crippen LogP contribution in [-0.4, -0.2) is 38.2 Å². The SMILES string of the molecule is CCC1(CNC(=NC)NCc2cccc(NC(=O)C3CCCO3)c2)CCC1.I. The maximum absolute atomic E-state index is 12.2. The van der Waals surface area contributed by atoms with Crippen LogP contribution in [0.5, 0.6) is 0 Å². The molecule has 156 valence electrons. The predicted octanol–water partition coefficient (Wildman–Crippen LogP) is 3.67. The highest BCUT2D eigenvalue weighted by atomic mass is 127. The van der Waals surface area contributed by atoms with E-state index in [1.807, 2.05) is 24.3 Å². The highest BCUT2D eigenvalue weighted by molar-refractivity contribution is 14.0. The Bertz CT molecular complexity index is 665. The fraction of sp³-hybridized carbons (Fsp3) is 0.619. The molecule has 1 aliphatic carbocycles. The number of benzene rings is 1. The number of carbonyl (C=O) groups is 1. The van der Waals surface area contributed by atoms with E-state index in [0.29, 0.717) is 18.6 Å². The number of hydrogen-bond donors (Lipinski definition) is 3. The first-order chi connectivity index (χ1) is 13.1. The monoisotopic (exact) mass is 500 g/mol. The molecule has 1 heterocycles. The second-order valence-electron chi connectivity index (χ2n) is 7.68. The van der Waals surface area contributed by atoms with Gasteiger partial charge in [0.2, 0.25) is 0 Å². The molecule has 1 saturated heterocycles. The first-order valence-corrected chi connectivity index (χ1v) is 10.1. The normalized spacial score (nSPS) is 20.6. The molecule has 0 radical (unpaired) electrons. The van der Waals surface area contributed by atoms with Gasteiger partial charge in [0.05, 0.1) is 0 Å². The van der Waals surface area contributed by atoms with Crippen molar-refractivity contribution < 1.29 is 9.53 Å². The lowest BCUT2D eigenvalue weighted by Gasteiger charge is -2.41. The van der Waals surface area contributed by atoms with E-state index in [1.54, 1.807) is 7.05 Å². The van der Waals surface area contributed by atoms with Crippen molar-refractivity contribution in [3.63, 3.8) is 0 Å². The van der Waals surface area contributed by atoms with Crippen LogP contribution in [0.3, 0.4) is 0 Å². The van der Waals surface area contributed by atoms with Crippen molar-refractivity contribution in [1.82, 2.24) is 10.6 Å². The summed E-state index contributed by atoms with van der Waals surface area (Å²) < 4.78 is 5.44. The maximum Gasteiger partial charge on any atom is 0.253 e. The van der Waals surface area contributed by atoms with Gasteiger partial charge in [-0.1, -0.05) is 25.5 Å². The third-order valence-corrected chi connectivity index (χ3v) is 5.90. The standard InChI is InChI=1S/C21H32N4O2.HI/c1-3-21(10-6-11-21)15-24-20(22-2)23-14-16-7-4-8-17(13-16)25-19(26)18-9-5-12-27-18;/h4,7-8,13,18H,3,5-6,9-12,14-15H2,1-2H3,(H,25,26)(H2,22,23,24);1H. The minimum absolute atomic E-state index is 0. The molecule has 1 atom stereocenters. The van der Waals surface area contributed by atoms with Crippen molar-refractivity contribution in [2.24, 2.45) is 10.4 Å². The first kappa shape index (κ1) is 22.9. The molecule has 6 nitrogen and oxygen atoms in total. The number of carbonyl (C=O) groups excluding carboxylic acids is 1. The van der Waals surface area contributed by atoms with Crippen LogP contribution in [0.2, 0.25) is 0 Å². The zero-order valence-corrected chi connectivity index (χ0v) is 19.3.